The Kier molecular flexibility index (Phi) is 9.75. The Labute approximate surface area is 200 Å². The van der Waals surface area contributed by atoms with Gasteiger partial charge in [-0.3, -0.25) is 9.69 Å². The Morgan fingerprint density at radius 3 is 2.41 bits per heavy atom. The number of likely N-dealkylation sites (N-methyl/N-ethyl adjacent to an activating group) is 1. The van der Waals surface area contributed by atoms with Crippen LogP contribution in [-0.4, -0.2) is 55.7 Å². The van der Waals surface area contributed by atoms with Gasteiger partial charge >= 0.3 is 0 Å². The number of hydrogen-bond donors (Lipinski definition) is 0. The molecule has 0 N–H and O–H groups in total. The van der Waals surface area contributed by atoms with Crippen molar-refractivity contribution in [3.8, 4) is 11.5 Å². The molecule has 1 aromatic heterocycles. The maximum atomic E-state index is 13.2. The van der Waals surface area contributed by atoms with Gasteiger partial charge in [-0.25, -0.2) is 4.98 Å². The summed E-state index contributed by atoms with van der Waals surface area (Å²) < 4.78 is 12.2. The number of thiazole rings is 1. The molecule has 0 spiro atoms. The average molecular weight is 478 g/mol. The van der Waals surface area contributed by atoms with Crippen molar-refractivity contribution in [3.63, 3.8) is 0 Å². The number of benzene rings is 2. The molecular weight excluding hydrogens is 446 g/mol. The number of carbonyl (C=O) groups excluding carboxylic acids is 1. The van der Waals surface area contributed by atoms with E-state index in [2.05, 4.69) is 44.7 Å². The van der Waals surface area contributed by atoms with E-state index in [0.717, 1.165) is 35.4 Å². The van der Waals surface area contributed by atoms with Crippen molar-refractivity contribution >= 4 is 45.0 Å². The molecule has 0 fully saturated rings. The third-order valence-corrected chi connectivity index (χ3v) is 6.33. The van der Waals surface area contributed by atoms with Gasteiger partial charge in [0.2, 0.25) is 0 Å². The second-order valence-corrected chi connectivity index (χ2v) is 8.45. The molecule has 0 saturated carbocycles. The van der Waals surface area contributed by atoms with Gasteiger partial charge in [-0.1, -0.05) is 43.4 Å². The second kappa shape index (κ2) is 12.0. The lowest BCUT2D eigenvalue weighted by molar-refractivity contribution is -0.120. The van der Waals surface area contributed by atoms with E-state index in [9.17, 15) is 4.79 Å². The van der Waals surface area contributed by atoms with Gasteiger partial charge in [0, 0.05) is 13.1 Å². The molecule has 2 aromatic carbocycles. The average Bonchev–Trinajstić information content (AvgIpc) is 3.19. The van der Waals surface area contributed by atoms with Crippen molar-refractivity contribution in [2.45, 2.75) is 27.7 Å². The van der Waals surface area contributed by atoms with Gasteiger partial charge in [-0.2, -0.15) is 0 Å². The molecule has 0 atom stereocenters. The first-order chi connectivity index (χ1) is 15.0. The maximum Gasteiger partial charge on any atom is 0.266 e. The predicted molar refractivity (Wildman–Crippen MR) is 135 cm³/mol. The number of para-hydroxylation sites is 2. The number of hydrogen-bond acceptors (Lipinski definition) is 6. The SMILES string of the molecule is CCN(CC)CCN(C(=O)COc1ccccc1OC)c1nc2c(C)cc(C)cc2s1.Cl. The van der Waals surface area contributed by atoms with Crippen LogP contribution in [0.15, 0.2) is 36.4 Å². The smallest absolute Gasteiger partial charge is 0.266 e. The molecule has 174 valence electrons. The van der Waals surface area contributed by atoms with Gasteiger partial charge in [0.25, 0.3) is 5.91 Å². The van der Waals surface area contributed by atoms with E-state index in [0.29, 0.717) is 23.2 Å². The number of fused-ring (bicyclic) bond motifs is 1. The summed E-state index contributed by atoms with van der Waals surface area (Å²) in [5.74, 6) is 1.04. The first-order valence-electron chi connectivity index (χ1n) is 10.6. The largest absolute Gasteiger partial charge is 0.493 e. The summed E-state index contributed by atoms with van der Waals surface area (Å²) in [6.45, 7) is 11.5. The fraction of sp³-hybridized carbons (Fsp3) is 0.417. The first-order valence-corrected chi connectivity index (χ1v) is 11.4. The molecule has 6 nitrogen and oxygen atoms in total. The molecule has 0 bridgehead atoms. The number of ether oxygens (including phenoxy) is 2. The summed E-state index contributed by atoms with van der Waals surface area (Å²) in [7, 11) is 1.59. The van der Waals surface area contributed by atoms with Crippen LogP contribution < -0.4 is 14.4 Å². The fourth-order valence-electron chi connectivity index (χ4n) is 3.54. The number of carbonyl (C=O) groups is 1. The standard InChI is InChI=1S/C24H31N3O3S.ClH/c1-6-26(7-2)12-13-27(22(28)16-30-20-11-9-8-10-19(20)29-5)24-25-23-18(4)14-17(3)15-21(23)31-24;/h8-11,14-15H,6-7,12-13,16H2,1-5H3;1H. The van der Waals surface area contributed by atoms with E-state index in [1.165, 1.54) is 5.56 Å². The van der Waals surface area contributed by atoms with Crippen LogP contribution in [0, 0.1) is 13.8 Å². The minimum atomic E-state index is -0.119. The summed E-state index contributed by atoms with van der Waals surface area (Å²) in [6, 6.07) is 11.6. The van der Waals surface area contributed by atoms with Crippen LogP contribution in [-0.2, 0) is 4.79 Å². The highest BCUT2D eigenvalue weighted by atomic mass is 35.5. The number of methoxy groups -OCH3 is 1. The highest BCUT2D eigenvalue weighted by molar-refractivity contribution is 7.22. The molecule has 0 radical (unpaired) electrons. The Balaban J connectivity index is 0.00000363. The minimum absolute atomic E-state index is 0. The highest BCUT2D eigenvalue weighted by Gasteiger charge is 2.22. The molecule has 0 aliphatic rings. The molecule has 32 heavy (non-hydrogen) atoms. The third-order valence-electron chi connectivity index (χ3n) is 5.30. The van der Waals surface area contributed by atoms with Gasteiger partial charge in [-0.05, 0) is 56.3 Å². The van der Waals surface area contributed by atoms with Gasteiger partial charge in [0.05, 0.1) is 17.3 Å². The summed E-state index contributed by atoms with van der Waals surface area (Å²) in [6.07, 6.45) is 0. The maximum absolute atomic E-state index is 13.2. The van der Waals surface area contributed by atoms with Crippen LogP contribution in [0.4, 0.5) is 5.13 Å². The van der Waals surface area contributed by atoms with Crippen LogP contribution in [0.5, 0.6) is 11.5 Å². The number of nitrogens with zero attached hydrogens (tertiary/aromatic N) is 3. The topological polar surface area (TPSA) is 54.9 Å². The van der Waals surface area contributed by atoms with Gasteiger partial charge in [0.15, 0.2) is 23.2 Å². The van der Waals surface area contributed by atoms with E-state index in [1.807, 2.05) is 18.2 Å². The van der Waals surface area contributed by atoms with Crippen molar-refractivity contribution in [1.29, 1.82) is 0 Å². The predicted octanol–water partition coefficient (Wildman–Crippen LogP) is 5.10. The number of amides is 1. The zero-order chi connectivity index (χ0) is 22.4. The summed E-state index contributed by atoms with van der Waals surface area (Å²) in [5, 5.41) is 0.712. The fourth-order valence-corrected chi connectivity index (χ4v) is 4.72. The second-order valence-electron chi connectivity index (χ2n) is 7.44. The molecule has 1 amide bonds. The van der Waals surface area contributed by atoms with Gasteiger partial charge in [-0.15, -0.1) is 12.4 Å². The Hall–Kier alpha value is -2.35. The number of halogens is 1. The quantitative estimate of drug-likeness (QED) is 0.406. The zero-order valence-electron chi connectivity index (χ0n) is 19.4. The Morgan fingerprint density at radius 2 is 1.75 bits per heavy atom. The molecule has 0 saturated heterocycles. The Morgan fingerprint density at radius 1 is 1.06 bits per heavy atom. The molecule has 0 aliphatic heterocycles. The van der Waals surface area contributed by atoms with Gasteiger partial charge in [0.1, 0.15) is 0 Å². The van der Waals surface area contributed by atoms with E-state index < -0.39 is 0 Å². The van der Waals surface area contributed by atoms with Crippen LogP contribution in [0.3, 0.4) is 0 Å². The molecule has 8 heteroatoms. The van der Waals surface area contributed by atoms with Gasteiger partial charge < -0.3 is 14.4 Å². The lowest BCUT2D eigenvalue weighted by atomic mass is 10.1. The molecule has 3 aromatic rings. The third kappa shape index (κ3) is 6.12. The van der Waals surface area contributed by atoms with E-state index >= 15 is 0 Å². The molecular formula is C24H32ClN3O3S. The first kappa shape index (κ1) is 25.9. The summed E-state index contributed by atoms with van der Waals surface area (Å²) in [4.78, 5) is 22.1. The number of aryl methyl sites for hydroxylation is 2. The van der Waals surface area contributed by atoms with Crippen molar-refractivity contribution in [2.75, 3.05) is 44.8 Å². The summed E-state index contributed by atoms with van der Waals surface area (Å²) in [5.41, 5.74) is 3.27. The molecule has 0 aliphatic carbocycles. The minimum Gasteiger partial charge on any atom is -0.493 e. The molecule has 0 unspecified atom stereocenters. The monoisotopic (exact) mass is 477 g/mol. The number of aromatic nitrogens is 1. The zero-order valence-corrected chi connectivity index (χ0v) is 21.0. The van der Waals surface area contributed by atoms with Crippen molar-refractivity contribution in [2.24, 2.45) is 0 Å². The van der Waals surface area contributed by atoms with Crippen LogP contribution >= 0.6 is 23.7 Å². The Bertz CT molecular complexity index is 1040. The van der Waals surface area contributed by atoms with Crippen molar-refractivity contribution < 1.29 is 14.3 Å². The van der Waals surface area contributed by atoms with E-state index in [1.54, 1.807) is 29.4 Å². The highest BCUT2D eigenvalue weighted by Crippen LogP contribution is 2.32. The van der Waals surface area contributed by atoms with Crippen molar-refractivity contribution in [3.05, 3.63) is 47.5 Å². The lowest BCUT2D eigenvalue weighted by Gasteiger charge is -2.24. The van der Waals surface area contributed by atoms with Crippen molar-refractivity contribution in [1.82, 2.24) is 9.88 Å². The van der Waals surface area contributed by atoms with Crippen LogP contribution in [0.2, 0.25) is 0 Å². The van der Waals surface area contributed by atoms with E-state index in [4.69, 9.17) is 14.5 Å². The lowest BCUT2D eigenvalue weighted by Crippen LogP contribution is -2.41. The number of rotatable bonds is 10. The number of anilines is 1. The van der Waals surface area contributed by atoms with Crippen LogP contribution in [0.25, 0.3) is 10.2 Å². The normalized spacial score (nSPS) is 10.8. The molecule has 3 rings (SSSR count). The summed E-state index contributed by atoms with van der Waals surface area (Å²) >= 11 is 1.55. The van der Waals surface area contributed by atoms with E-state index in [-0.39, 0.29) is 24.9 Å². The van der Waals surface area contributed by atoms with Crippen LogP contribution in [0.1, 0.15) is 25.0 Å². The molecule has 1 heterocycles.